The van der Waals surface area contributed by atoms with Gasteiger partial charge >= 0.3 is 6.18 Å². The molecule has 2 aromatic rings. The molecule has 4 aliphatic carbocycles. The molecule has 0 saturated heterocycles. The summed E-state index contributed by atoms with van der Waals surface area (Å²) in [4.78, 5) is 15.3. The molecular formula is C23H27F3N4O2. The summed E-state index contributed by atoms with van der Waals surface area (Å²) in [6.07, 6.45) is 3.48. The Hall–Kier alpha value is -2.45. The van der Waals surface area contributed by atoms with Gasteiger partial charge in [0.05, 0.1) is 12.3 Å². The molecule has 172 valence electrons. The smallest absolute Gasteiger partial charge is 0.410 e. The number of halogens is 3. The number of nitrogens with one attached hydrogen (secondary N) is 1. The molecule has 4 fully saturated rings. The molecule has 3 heterocycles. The zero-order valence-electron chi connectivity index (χ0n) is 17.9. The van der Waals surface area contributed by atoms with Gasteiger partial charge in [-0.25, -0.2) is 4.68 Å². The lowest BCUT2D eigenvalue weighted by Gasteiger charge is -2.59. The van der Waals surface area contributed by atoms with Crippen molar-refractivity contribution in [3.05, 3.63) is 35.9 Å². The van der Waals surface area contributed by atoms with E-state index in [9.17, 15) is 18.0 Å². The molecule has 6 nitrogen and oxygen atoms in total. The monoisotopic (exact) mass is 448 g/mol. The molecule has 4 bridgehead atoms. The Labute approximate surface area is 184 Å². The quantitative estimate of drug-likeness (QED) is 0.703. The SMILES string of the molecule is CN(C(=O)c1cc2n(n1)[C@@H](C(F)(F)F)C[C@H](c1ccco1)N2)C12CC3CC(CC(C3)C1)C2. The number of hydrogen-bond acceptors (Lipinski definition) is 4. The summed E-state index contributed by atoms with van der Waals surface area (Å²) in [6.45, 7) is 0. The molecule has 1 amide bonds. The molecule has 32 heavy (non-hydrogen) atoms. The summed E-state index contributed by atoms with van der Waals surface area (Å²) >= 11 is 0. The minimum Gasteiger partial charge on any atom is -0.467 e. The number of nitrogens with zero attached hydrogens (tertiary/aromatic N) is 3. The van der Waals surface area contributed by atoms with Crippen molar-refractivity contribution in [2.75, 3.05) is 12.4 Å². The standard InChI is InChI=1S/C23H27F3N4O2/c1-29(22-10-13-5-14(11-22)7-15(6-13)12-22)21(31)17-9-20-27-16(18-3-2-4-32-18)8-19(23(24,25)26)30(20)28-17/h2-4,9,13-16,19,27H,5-8,10-12H2,1H3/t13?,14?,15?,16-,19-,22?/m1/s1. The highest BCUT2D eigenvalue weighted by Crippen LogP contribution is 2.57. The van der Waals surface area contributed by atoms with Crippen LogP contribution in [0.3, 0.4) is 0 Å². The average Bonchev–Trinajstić information content (AvgIpc) is 3.40. The largest absolute Gasteiger partial charge is 0.467 e. The summed E-state index contributed by atoms with van der Waals surface area (Å²) in [5.41, 5.74) is -0.108. The van der Waals surface area contributed by atoms with E-state index in [2.05, 4.69) is 10.4 Å². The first kappa shape index (κ1) is 20.2. The lowest BCUT2D eigenvalue weighted by atomic mass is 9.52. The number of hydrogen-bond donors (Lipinski definition) is 1. The molecule has 4 saturated carbocycles. The maximum atomic E-state index is 13.9. The van der Waals surface area contributed by atoms with Gasteiger partial charge in [-0.15, -0.1) is 0 Å². The van der Waals surface area contributed by atoms with Crippen molar-refractivity contribution in [2.24, 2.45) is 17.8 Å². The Bertz CT molecular complexity index is 993. The maximum absolute atomic E-state index is 13.9. The summed E-state index contributed by atoms with van der Waals surface area (Å²) in [5, 5.41) is 7.26. The number of alkyl halides is 3. The van der Waals surface area contributed by atoms with Crippen LogP contribution in [0.15, 0.2) is 28.9 Å². The van der Waals surface area contributed by atoms with E-state index in [1.54, 1.807) is 17.0 Å². The fourth-order valence-corrected chi connectivity index (χ4v) is 7.22. The van der Waals surface area contributed by atoms with E-state index in [0.717, 1.165) is 23.9 Å². The van der Waals surface area contributed by atoms with Gasteiger partial charge in [-0.2, -0.15) is 18.3 Å². The zero-order valence-corrected chi connectivity index (χ0v) is 17.9. The fraction of sp³-hybridized carbons (Fsp3) is 0.652. The average molecular weight is 448 g/mol. The van der Waals surface area contributed by atoms with Crippen molar-refractivity contribution in [3.8, 4) is 0 Å². The van der Waals surface area contributed by atoms with Crippen molar-refractivity contribution in [3.63, 3.8) is 0 Å². The minimum atomic E-state index is -4.49. The van der Waals surface area contributed by atoms with E-state index >= 15 is 0 Å². The number of carbonyl (C=O) groups is 1. The van der Waals surface area contributed by atoms with Crippen molar-refractivity contribution in [2.45, 2.75) is 68.7 Å². The predicted molar refractivity (Wildman–Crippen MR) is 110 cm³/mol. The highest BCUT2D eigenvalue weighted by molar-refractivity contribution is 5.93. The van der Waals surface area contributed by atoms with Crippen molar-refractivity contribution in [1.29, 1.82) is 0 Å². The maximum Gasteiger partial charge on any atom is 0.410 e. The second-order valence-corrected chi connectivity index (χ2v) is 10.4. The first-order valence-electron chi connectivity index (χ1n) is 11.5. The van der Waals surface area contributed by atoms with Crippen LogP contribution < -0.4 is 5.32 Å². The van der Waals surface area contributed by atoms with Crippen LogP contribution >= 0.6 is 0 Å². The molecule has 0 spiro atoms. The van der Waals surface area contributed by atoms with Gasteiger partial charge in [-0.3, -0.25) is 4.79 Å². The Balaban J connectivity index is 1.31. The van der Waals surface area contributed by atoms with Crippen LogP contribution in [0, 0.1) is 17.8 Å². The van der Waals surface area contributed by atoms with E-state index in [-0.39, 0.29) is 29.4 Å². The fourth-order valence-electron chi connectivity index (χ4n) is 7.22. The molecule has 1 aliphatic heterocycles. The van der Waals surface area contributed by atoms with Crippen molar-refractivity contribution < 1.29 is 22.4 Å². The molecule has 1 N–H and O–H groups in total. The van der Waals surface area contributed by atoms with Gasteiger partial charge in [0.2, 0.25) is 0 Å². The van der Waals surface area contributed by atoms with Crippen LogP contribution in [-0.2, 0) is 0 Å². The van der Waals surface area contributed by atoms with Crippen LogP contribution in [0.1, 0.15) is 73.3 Å². The third-order valence-electron chi connectivity index (χ3n) is 8.32. The number of furan rings is 1. The molecule has 2 atom stereocenters. The summed E-state index contributed by atoms with van der Waals surface area (Å²) in [5.74, 6) is 2.34. The van der Waals surface area contributed by atoms with Gasteiger partial charge < -0.3 is 14.6 Å². The third-order valence-corrected chi connectivity index (χ3v) is 8.32. The topological polar surface area (TPSA) is 63.3 Å². The summed E-state index contributed by atoms with van der Waals surface area (Å²) in [7, 11) is 1.81. The van der Waals surface area contributed by atoms with Gasteiger partial charge in [0.25, 0.3) is 5.91 Å². The highest BCUT2D eigenvalue weighted by Gasteiger charge is 2.54. The normalized spacial score (nSPS) is 35.4. The molecule has 2 aromatic heterocycles. The number of carbonyl (C=O) groups excluding carboxylic acids is 1. The van der Waals surface area contributed by atoms with E-state index in [4.69, 9.17) is 4.42 Å². The Morgan fingerprint density at radius 3 is 2.41 bits per heavy atom. The van der Waals surface area contributed by atoms with Crippen LogP contribution in [0.5, 0.6) is 0 Å². The molecule has 5 aliphatic rings. The second-order valence-electron chi connectivity index (χ2n) is 10.4. The van der Waals surface area contributed by atoms with Crippen molar-refractivity contribution in [1.82, 2.24) is 14.7 Å². The zero-order chi connectivity index (χ0) is 22.3. The number of anilines is 1. The van der Waals surface area contributed by atoms with Gasteiger partial charge in [0.15, 0.2) is 11.7 Å². The van der Waals surface area contributed by atoms with Gasteiger partial charge in [-0.05, 0) is 68.4 Å². The number of rotatable bonds is 3. The highest BCUT2D eigenvalue weighted by atomic mass is 19.4. The van der Waals surface area contributed by atoms with Crippen LogP contribution in [-0.4, -0.2) is 39.4 Å². The summed E-state index contributed by atoms with van der Waals surface area (Å²) < 4.78 is 48.0. The van der Waals surface area contributed by atoms with Crippen LogP contribution in [0.2, 0.25) is 0 Å². The Kier molecular flexibility index (Phi) is 4.27. The predicted octanol–water partition coefficient (Wildman–Crippen LogP) is 5.18. The molecular weight excluding hydrogens is 421 g/mol. The number of amides is 1. The molecule has 0 aromatic carbocycles. The number of aromatic nitrogens is 2. The van der Waals surface area contributed by atoms with E-state index < -0.39 is 18.3 Å². The first-order chi connectivity index (χ1) is 15.2. The molecule has 7 rings (SSSR count). The van der Waals surface area contributed by atoms with E-state index in [0.29, 0.717) is 23.5 Å². The molecule has 0 unspecified atom stereocenters. The summed E-state index contributed by atoms with van der Waals surface area (Å²) in [6, 6.07) is 2.32. The van der Waals surface area contributed by atoms with Gasteiger partial charge in [-0.1, -0.05) is 0 Å². The third kappa shape index (κ3) is 3.07. The van der Waals surface area contributed by atoms with E-state index in [1.165, 1.54) is 31.6 Å². The Morgan fingerprint density at radius 2 is 1.84 bits per heavy atom. The van der Waals surface area contributed by atoms with Crippen molar-refractivity contribution >= 4 is 11.7 Å². The minimum absolute atomic E-state index is 0.0695. The first-order valence-corrected chi connectivity index (χ1v) is 11.5. The van der Waals surface area contributed by atoms with Gasteiger partial charge in [0.1, 0.15) is 11.6 Å². The molecule has 0 radical (unpaired) electrons. The lowest BCUT2D eigenvalue weighted by Crippen LogP contribution is -2.60. The lowest BCUT2D eigenvalue weighted by molar-refractivity contribution is -0.174. The van der Waals surface area contributed by atoms with E-state index in [1.807, 2.05) is 7.05 Å². The van der Waals surface area contributed by atoms with Crippen LogP contribution in [0.25, 0.3) is 0 Å². The Morgan fingerprint density at radius 1 is 1.19 bits per heavy atom. The molecule has 9 heteroatoms. The van der Waals surface area contributed by atoms with Gasteiger partial charge in [0, 0.05) is 25.1 Å². The van der Waals surface area contributed by atoms with Crippen LogP contribution in [0.4, 0.5) is 19.0 Å². The number of fused-ring (bicyclic) bond motifs is 1. The second kappa shape index (κ2) is 6.78.